The molecule has 5 nitrogen and oxygen atoms in total. The number of rotatable bonds is 2. The summed E-state index contributed by atoms with van der Waals surface area (Å²) in [5.41, 5.74) is 1.93. The lowest BCUT2D eigenvalue weighted by molar-refractivity contribution is 0.0594. The Balaban J connectivity index is 2.74. The summed E-state index contributed by atoms with van der Waals surface area (Å²) in [6.45, 7) is 1.84. The first kappa shape index (κ1) is 11.2. The molecule has 0 aliphatic heterocycles. The average Bonchev–Trinajstić information content (AvgIpc) is 2.73. The Hall–Kier alpha value is -2.30. The number of carboxylic acids is 1. The van der Waals surface area contributed by atoms with Crippen LogP contribution in [0.2, 0.25) is 0 Å². The van der Waals surface area contributed by atoms with Gasteiger partial charge in [-0.05, 0) is 24.6 Å². The third-order valence-electron chi connectivity index (χ3n) is 2.64. The lowest BCUT2D eigenvalue weighted by Gasteiger charge is -1.99. The van der Waals surface area contributed by atoms with Crippen LogP contribution in [-0.4, -0.2) is 29.1 Å². The molecule has 17 heavy (non-hydrogen) atoms. The van der Waals surface area contributed by atoms with E-state index in [1.807, 2.05) is 6.92 Å². The topological polar surface area (TPSA) is 79.4 Å². The van der Waals surface area contributed by atoms with E-state index < -0.39 is 11.9 Å². The van der Waals surface area contributed by atoms with E-state index in [0.29, 0.717) is 10.9 Å². The van der Waals surface area contributed by atoms with Crippen molar-refractivity contribution in [3.63, 3.8) is 0 Å². The van der Waals surface area contributed by atoms with Crippen LogP contribution in [0.1, 0.15) is 26.4 Å². The van der Waals surface area contributed by atoms with Gasteiger partial charge in [0.1, 0.15) is 5.69 Å². The van der Waals surface area contributed by atoms with E-state index >= 15 is 0 Å². The third kappa shape index (κ3) is 1.75. The van der Waals surface area contributed by atoms with Gasteiger partial charge in [0.2, 0.25) is 0 Å². The van der Waals surface area contributed by atoms with Gasteiger partial charge in [-0.2, -0.15) is 0 Å². The van der Waals surface area contributed by atoms with Crippen molar-refractivity contribution in [1.82, 2.24) is 4.98 Å². The van der Waals surface area contributed by atoms with Gasteiger partial charge in [-0.15, -0.1) is 0 Å². The predicted octanol–water partition coefficient (Wildman–Crippen LogP) is 1.96. The first-order valence-corrected chi connectivity index (χ1v) is 4.98. The summed E-state index contributed by atoms with van der Waals surface area (Å²) in [4.78, 5) is 25.3. The summed E-state index contributed by atoms with van der Waals surface area (Å²) in [5.74, 6) is -1.54. The molecule has 2 rings (SSSR count). The van der Waals surface area contributed by atoms with E-state index in [-0.39, 0.29) is 11.3 Å². The molecule has 0 spiro atoms. The Bertz CT molecular complexity index is 612. The van der Waals surface area contributed by atoms with Gasteiger partial charge >= 0.3 is 11.9 Å². The Labute approximate surface area is 97.0 Å². The minimum absolute atomic E-state index is 0.164. The van der Waals surface area contributed by atoms with Gasteiger partial charge in [0.05, 0.1) is 12.7 Å². The van der Waals surface area contributed by atoms with Crippen LogP contribution in [-0.2, 0) is 4.74 Å². The molecule has 0 unspecified atom stereocenters. The molecule has 1 aromatic carbocycles. The van der Waals surface area contributed by atoms with Crippen molar-refractivity contribution in [3.05, 3.63) is 35.0 Å². The second-order valence-electron chi connectivity index (χ2n) is 3.70. The minimum Gasteiger partial charge on any atom is -0.478 e. The number of aromatic carboxylic acids is 1. The normalized spacial score (nSPS) is 10.5. The summed E-state index contributed by atoms with van der Waals surface area (Å²) in [5, 5.41) is 9.56. The van der Waals surface area contributed by atoms with Crippen LogP contribution in [0.5, 0.6) is 0 Å². The number of hydrogen-bond donors (Lipinski definition) is 2. The molecule has 0 saturated heterocycles. The summed E-state index contributed by atoms with van der Waals surface area (Å²) >= 11 is 0. The molecular weight excluding hydrogens is 222 g/mol. The number of aryl methyl sites for hydroxylation is 1. The predicted molar refractivity (Wildman–Crippen MR) is 61.3 cm³/mol. The van der Waals surface area contributed by atoms with Crippen molar-refractivity contribution >= 4 is 22.8 Å². The number of aromatic nitrogens is 1. The lowest BCUT2D eigenvalue weighted by atomic mass is 10.1. The van der Waals surface area contributed by atoms with Crippen molar-refractivity contribution in [1.29, 1.82) is 0 Å². The highest BCUT2D eigenvalue weighted by molar-refractivity contribution is 6.06. The zero-order valence-electron chi connectivity index (χ0n) is 9.40. The van der Waals surface area contributed by atoms with E-state index in [2.05, 4.69) is 9.72 Å². The van der Waals surface area contributed by atoms with E-state index in [0.717, 1.165) is 5.56 Å². The molecule has 1 heterocycles. The second-order valence-corrected chi connectivity index (χ2v) is 3.70. The number of carbonyl (C=O) groups excluding carboxylic acids is 1. The van der Waals surface area contributed by atoms with E-state index in [1.165, 1.54) is 19.2 Å². The number of benzene rings is 1. The molecule has 0 atom stereocenters. The highest BCUT2D eigenvalue weighted by Gasteiger charge is 2.16. The third-order valence-corrected chi connectivity index (χ3v) is 2.64. The Kier molecular flexibility index (Phi) is 2.59. The molecule has 0 fully saturated rings. The smallest absolute Gasteiger partial charge is 0.354 e. The van der Waals surface area contributed by atoms with E-state index in [1.54, 1.807) is 6.07 Å². The SMILES string of the molecule is COC(=O)c1cc2c(C(=O)O)ccc(C)c2[nH]1. The fraction of sp³-hybridized carbons (Fsp3) is 0.167. The van der Waals surface area contributed by atoms with Gasteiger partial charge < -0.3 is 14.8 Å². The number of carboxylic acid groups (broad SMARTS) is 1. The van der Waals surface area contributed by atoms with E-state index in [4.69, 9.17) is 5.11 Å². The molecule has 5 heteroatoms. The van der Waals surface area contributed by atoms with Gasteiger partial charge in [0.25, 0.3) is 0 Å². The molecule has 2 aromatic rings. The first-order chi connectivity index (χ1) is 8.04. The van der Waals surface area contributed by atoms with Crippen LogP contribution in [0.25, 0.3) is 10.9 Å². The van der Waals surface area contributed by atoms with Crippen LogP contribution < -0.4 is 0 Å². The number of ether oxygens (including phenoxy) is 1. The molecule has 2 N–H and O–H groups in total. The van der Waals surface area contributed by atoms with Crippen molar-refractivity contribution in [2.24, 2.45) is 0 Å². The second kappa shape index (κ2) is 3.93. The number of methoxy groups -OCH3 is 1. The molecule has 88 valence electrons. The molecule has 0 bridgehead atoms. The van der Waals surface area contributed by atoms with Gasteiger partial charge in [0, 0.05) is 10.9 Å². The summed E-state index contributed by atoms with van der Waals surface area (Å²) in [7, 11) is 1.28. The van der Waals surface area contributed by atoms with Crippen LogP contribution in [0.15, 0.2) is 18.2 Å². The van der Waals surface area contributed by atoms with Crippen LogP contribution in [0.3, 0.4) is 0 Å². The van der Waals surface area contributed by atoms with Gasteiger partial charge in [0.15, 0.2) is 0 Å². The molecule has 0 aliphatic carbocycles. The van der Waals surface area contributed by atoms with Crippen LogP contribution in [0, 0.1) is 6.92 Å². The van der Waals surface area contributed by atoms with Crippen LogP contribution in [0.4, 0.5) is 0 Å². The number of H-pyrrole nitrogens is 1. The zero-order chi connectivity index (χ0) is 12.6. The standard InChI is InChI=1S/C12H11NO4/c1-6-3-4-7(11(14)15)8-5-9(12(16)17-2)13-10(6)8/h3-5,13H,1-2H3,(H,14,15). The fourth-order valence-corrected chi connectivity index (χ4v) is 1.77. The maximum atomic E-state index is 11.4. The summed E-state index contributed by atoms with van der Waals surface area (Å²) in [6, 6.07) is 4.72. The Morgan fingerprint density at radius 1 is 1.35 bits per heavy atom. The Morgan fingerprint density at radius 3 is 2.65 bits per heavy atom. The van der Waals surface area contributed by atoms with Crippen molar-refractivity contribution in [3.8, 4) is 0 Å². The molecule has 0 saturated carbocycles. The lowest BCUT2D eigenvalue weighted by Crippen LogP contribution is -2.00. The molecular formula is C12H11NO4. The van der Waals surface area contributed by atoms with Crippen molar-refractivity contribution in [2.75, 3.05) is 7.11 Å². The van der Waals surface area contributed by atoms with Crippen molar-refractivity contribution in [2.45, 2.75) is 6.92 Å². The van der Waals surface area contributed by atoms with E-state index in [9.17, 15) is 9.59 Å². The minimum atomic E-state index is -1.02. The summed E-state index contributed by atoms with van der Waals surface area (Å²) < 4.78 is 4.59. The quantitative estimate of drug-likeness (QED) is 0.777. The zero-order valence-corrected chi connectivity index (χ0v) is 9.40. The highest BCUT2D eigenvalue weighted by Crippen LogP contribution is 2.23. The first-order valence-electron chi connectivity index (χ1n) is 4.98. The molecule has 0 radical (unpaired) electrons. The maximum Gasteiger partial charge on any atom is 0.354 e. The summed E-state index contributed by atoms with van der Waals surface area (Å²) in [6.07, 6.45) is 0. The number of fused-ring (bicyclic) bond motifs is 1. The number of esters is 1. The number of hydrogen-bond acceptors (Lipinski definition) is 3. The van der Waals surface area contributed by atoms with Gasteiger partial charge in [-0.3, -0.25) is 0 Å². The monoisotopic (exact) mass is 233 g/mol. The fourth-order valence-electron chi connectivity index (χ4n) is 1.77. The number of aromatic amines is 1. The highest BCUT2D eigenvalue weighted by atomic mass is 16.5. The number of nitrogens with one attached hydrogen (secondary N) is 1. The van der Waals surface area contributed by atoms with Gasteiger partial charge in [-0.25, -0.2) is 9.59 Å². The number of carbonyl (C=O) groups is 2. The maximum absolute atomic E-state index is 11.4. The van der Waals surface area contributed by atoms with Crippen molar-refractivity contribution < 1.29 is 19.4 Å². The molecule has 0 amide bonds. The van der Waals surface area contributed by atoms with Crippen LogP contribution >= 0.6 is 0 Å². The largest absolute Gasteiger partial charge is 0.478 e. The molecule has 1 aromatic heterocycles. The Morgan fingerprint density at radius 2 is 2.06 bits per heavy atom. The average molecular weight is 233 g/mol. The van der Waals surface area contributed by atoms with Gasteiger partial charge in [-0.1, -0.05) is 6.07 Å². The molecule has 0 aliphatic rings.